The number of benzene rings is 2. The van der Waals surface area contributed by atoms with Crippen molar-refractivity contribution in [3.63, 3.8) is 0 Å². The highest BCUT2D eigenvalue weighted by Gasteiger charge is 2.17. The highest BCUT2D eigenvalue weighted by molar-refractivity contribution is 5.77. The molecule has 0 radical (unpaired) electrons. The van der Waals surface area contributed by atoms with E-state index in [1.54, 1.807) is 18.2 Å². The van der Waals surface area contributed by atoms with E-state index in [1.807, 2.05) is 24.9 Å². The topological polar surface area (TPSA) is 49.0 Å². The Morgan fingerprint density at radius 2 is 1.96 bits per heavy atom. The average molecular weight is 343 g/mol. The monoisotopic (exact) mass is 343 g/mol. The van der Waals surface area contributed by atoms with Crippen LogP contribution in [0.5, 0.6) is 0 Å². The third kappa shape index (κ3) is 3.74. The van der Waals surface area contributed by atoms with Gasteiger partial charge in [-0.15, -0.1) is 0 Å². The van der Waals surface area contributed by atoms with Gasteiger partial charge in [-0.1, -0.05) is 12.1 Å². The van der Waals surface area contributed by atoms with Gasteiger partial charge < -0.3 is 4.98 Å². The van der Waals surface area contributed by atoms with Crippen LogP contribution in [0.25, 0.3) is 10.9 Å². The van der Waals surface area contributed by atoms with Gasteiger partial charge in [-0.25, -0.2) is 13.8 Å². The SMILES string of the molecule is CC(c1cc(F)ccc1F)N(C)CCc1nc2ccccc2c(=O)[nH]1. The first-order valence-electron chi connectivity index (χ1n) is 8.09. The third-order valence-corrected chi connectivity index (χ3v) is 4.43. The molecule has 0 spiro atoms. The fourth-order valence-corrected chi connectivity index (χ4v) is 2.80. The van der Waals surface area contributed by atoms with E-state index in [9.17, 15) is 13.6 Å². The molecule has 130 valence electrons. The quantitative estimate of drug-likeness (QED) is 0.772. The molecule has 0 aliphatic rings. The molecule has 1 N–H and O–H groups in total. The standard InChI is InChI=1S/C19H19F2N3O/c1-12(15-11-13(20)7-8-16(15)21)24(2)10-9-18-22-17-6-4-3-5-14(17)19(25)23-18/h3-8,11-12H,9-10H2,1-2H3,(H,22,23,25). The number of nitrogens with one attached hydrogen (secondary N) is 1. The molecule has 0 saturated heterocycles. The molecule has 0 fully saturated rings. The van der Waals surface area contributed by atoms with Crippen LogP contribution >= 0.6 is 0 Å². The smallest absolute Gasteiger partial charge is 0.258 e. The Morgan fingerprint density at radius 3 is 2.76 bits per heavy atom. The lowest BCUT2D eigenvalue weighted by molar-refractivity contribution is 0.257. The van der Waals surface area contributed by atoms with Crippen LogP contribution in [0.4, 0.5) is 8.78 Å². The molecular weight excluding hydrogens is 324 g/mol. The minimum atomic E-state index is -0.461. The zero-order chi connectivity index (χ0) is 18.0. The van der Waals surface area contributed by atoms with Gasteiger partial charge in [-0.3, -0.25) is 9.69 Å². The normalized spacial score (nSPS) is 12.7. The van der Waals surface area contributed by atoms with Crippen molar-refractivity contribution < 1.29 is 8.78 Å². The molecule has 6 heteroatoms. The van der Waals surface area contributed by atoms with E-state index in [0.717, 1.165) is 12.1 Å². The van der Waals surface area contributed by atoms with Crippen molar-refractivity contribution in [3.8, 4) is 0 Å². The Hall–Kier alpha value is -2.60. The van der Waals surface area contributed by atoms with Gasteiger partial charge in [0.25, 0.3) is 5.56 Å². The summed E-state index contributed by atoms with van der Waals surface area (Å²) < 4.78 is 27.3. The van der Waals surface area contributed by atoms with Crippen molar-refractivity contribution in [1.82, 2.24) is 14.9 Å². The Kier molecular flexibility index (Phi) is 4.90. The molecule has 0 saturated carbocycles. The lowest BCUT2D eigenvalue weighted by Gasteiger charge is -2.25. The second kappa shape index (κ2) is 7.11. The first-order valence-corrected chi connectivity index (χ1v) is 8.09. The zero-order valence-electron chi connectivity index (χ0n) is 14.1. The molecule has 3 rings (SSSR count). The summed E-state index contributed by atoms with van der Waals surface area (Å²) in [7, 11) is 1.83. The fraction of sp³-hybridized carbons (Fsp3) is 0.263. The number of hydrogen-bond donors (Lipinski definition) is 1. The largest absolute Gasteiger partial charge is 0.310 e. The molecule has 1 aromatic heterocycles. The van der Waals surface area contributed by atoms with Crippen LogP contribution in [-0.4, -0.2) is 28.5 Å². The van der Waals surface area contributed by atoms with E-state index in [4.69, 9.17) is 0 Å². The van der Waals surface area contributed by atoms with Crippen molar-refractivity contribution in [3.05, 3.63) is 75.8 Å². The van der Waals surface area contributed by atoms with Gasteiger partial charge in [0.15, 0.2) is 0 Å². The molecule has 1 unspecified atom stereocenters. The number of likely N-dealkylation sites (N-methyl/N-ethyl adjacent to an activating group) is 1. The Labute approximate surface area is 144 Å². The molecule has 3 aromatic rings. The maximum Gasteiger partial charge on any atom is 0.258 e. The van der Waals surface area contributed by atoms with Crippen LogP contribution in [0.3, 0.4) is 0 Å². The number of rotatable bonds is 5. The van der Waals surface area contributed by atoms with Crippen molar-refractivity contribution >= 4 is 10.9 Å². The summed E-state index contributed by atoms with van der Waals surface area (Å²) in [5, 5.41) is 0.551. The van der Waals surface area contributed by atoms with E-state index in [-0.39, 0.29) is 11.6 Å². The van der Waals surface area contributed by atoms with Crippen LogP contribution in [0, 0.1) is 11.6 Å². The molecular formula is C19H19F2N3O. The number of hydrogen-bond acceptors (Lipinski definition) is 3. The second-order valence-corrected chi connectivity index (χ2v) is 6.10. The molecule has 0 aliphatic heterocycles. The fourth-order valence-electron chi connectivity index (χ4n) is 2.80. The van der Waals surface area contributed by atoms with Crippen molar-refractivity contribution in [2.75, 3.05) is 13.6 Å². The minimum Gasteiger partial charge on any atom is -0.310 e. The number of halogens is 2. The Balaban J connectivity index is 1.74. The van der Waals surface area contributed by atoms with Gasteiger partial charge in [0, 0.05) is 24.6 Å². The number of aromatic nitrogens is 2. The summed E-state index contributed by atoms with van der Waals surface area (Å²) in [6.07, 6.45) is 0.498. The molecule has 0 amide bonds. The van der Waals surface area contributed by atoms with Crippen LogP contribution in [0.1, 0.15) is 24.4 Å². The van der Waals surface area contributed by atoms with Crippen molar-refractivity contribution in [1.29, 1.82) is 0 Å². The summed E-state index contributed by atoms with van der Waals surface area (Å²) in [6, 6.07) is 10.3. The zero-order valence-corrected chi connectivity index (χ0v) is 14.1. The van der Waals surface area contributed by atoms with Gasteiger partial charge in [-0.2, -0.15) is 0 Å². The van der Waals surface area contributed by atoms with E-state index in [0.29, 0.717) is 35.3 Å². The van der Waals surface area contributed by atoms with Crippen LogP contribution in [0.2, 0.25) is 0 Å². The minimum absolute atomic E-state index is 0.174. The molecule has 4 nitrogen and oxygen atoms in total. The van der Waals surface area contributed by atoms with E-state index in [2.05, 4.69) is 9.97 Å². The number of H-pyrrole nitrogens is 1. The number of aromatic amines is 1. The first kappa shape index (κ1) is 17.2. The number of para-hydroxylation sites is 1. The second-order valence-electron chi connectivity index (χ2n) is 6.10. The molecule has 1 heterocycles. The summed E-state index contributed by atoms with van der Waals surface area (Å²) in [4.78, 5) is 21.2. The molecule has 0 aliphatic carbocycles. The predicted molar refractivity (Wildman–Crippen MR) is 93.5 cm³/mol. The van der Waals surface area contributed by atoms with Gasteiger partial charge >= 0.3 is 0 Å². The van der Waals surface area contributed by atoms with Gasteiger partial charge in [-0.05, 0) is 44.3 Å². The maximum absolute atomic E-state index is 13.9. The third-order valence-electron chi connectivity index (χ3n) is 4.43. The van der Waals surface area contributed by atoms with Crippen LogP contribution in [-0.2, 0) is 6.42 Å². The highest BCUT2D eigenvalue weighted by Crippen LogP contribution is 2.22. The lowest BCUT2D eigenvalue weighted by Crippen LogP contribution is -2.26. The molecule has 25 heavy (non-hydrogen) atoms. The lowest BCUT2D eigenvalue weighted by atomic mass is 10.1. The molecule has 0 bridgehead atoms. The Morgan fingerprint density at radius 1 is 1.20 bits per heavy atom. The van der Waals surface area contributed by atoms with Crippen LogP contribution in [0.15, 0.2) is 47.3 Å². The maximum atomic E-state index is 13.9. The van der Waals surface area contributed by atoms with Gasteiger partial charge in [0.05, 0.1) is 10.9 Å². The number of fused-ring (bicyclic) bond motifs is 1. The number of nitrogens with zero attached hydrogens (tertiary/aromatic N) is 2. The summed E-state index contributed by atoms with van der Waals surface area (Å²) in [6.45, 7) is 2.35. The first-order chi connectivity index (χ1) is 12.0. The highest BCUT2D eigenvalue weighted by atomic mass is 19.1. The predicted octanol–water partition coefficient (Wildman–Crippen LogP) is 3.44. The van der Waals surface area contributed by atoms with Crippen molar-refractivity contribution in [2.45, 2.75) is 19.4 Å². The van der Waals surface area contributed by atoms with E-state index >= 15 is 0 Å². The van der Waals surface area contributed by atoms with Crippen LogP contribution < -0.4 is 5.56 Å². The summed E-state index contributed by atoms with van der Waals surface area (Å²) in [5.41, 5.74) is 0.781. The van der Waals surface area contributed by atoms with E-state index < -0.39 is 11.6 Å². The van der Waals surface area contributed by atoms with Gasteiger partial charge in [0.1, 0.15) is 17.5 Å². The Bertz CT molecular complexity index is 955. The van der Waals surface area contributed by atoms with Gasteiger partial charge in [0.2, 0.25) is 0 Å². The molecule has 2 aromatic carbocycles. The molecule has 1 atom stereocenters. The summed E-state index contributed by atoms with van der Waals surface area (Å²) >= 11 is 0. The summed E-state index contributed by atoms with van der Waals surface area (Å²) in [5.74, 6) is -0.322. The van der Waals surface area contributed by atoms with Crippen molar-refractivity contribution in [2.24, 2.45) is 0 Å². The average Bonchev–Trinajstić information content (AvgIpc) is 2.61. The van der Waals surface area contributed by atoms with E-state index in [1.165, 1.54) is 6.07 Å².